The van der Waals surface area contributed by atoms with Crippen LogP contribution in [0.3, 0.4) is 0 Å². The first-order valence-electron chi connectivity index (χ1n) is 5.36. The van der Waals surface area contributed by atoms with Crippen molar-refractivity contribution >= 4 is 23.2 Å². The molecule has 0 bridgehead atoms. The normalized spacial score (nSPS) is 12.9. The molecule has 1 N–H and O–H groups in total. The zero-order valence-electron chi connectivity index (χ0n) is 9.72. The van der Waals surface area contributed by atoms with Crippen LogP contribution in [0.1, 0.15) is 13.3 Å². The summed E-state index contributed by atoms with van der Waals surface area (Å²) in [6.07, 6.45) is 2.38. The summed E-state index contributed by atoms with van der Waals surface area (Å²) in [6, 6.07) is 1.92. The SMILES string of the molecule is CCC(COC)Nc1cc(Cl)nc2ncnn12. The molecule has 0 aromatic carbocycles. The van der Waals surface area contributed by atoms with Crippen molar-refractivity contribution in [2.45, 2.75) is 19.4 Å². The van der Waals surface area contributed by atoms with Crippen LogP contribution in [0.5, 0.6) is 0 Å². The van der Waals surface area contributed by atoms with E-state index < -0.39 is 0 Å². The molecule has 0 fully saturated rings. The summed E-state index contributed by atoms with van der Waals surface area (Å²) >= 11 is 5.92. The zero-order valence-corrected chi connectivity index (χ0v) is 10.5. The highest BCUT2D eigenvalue weighted by Gasteiger charge is 2.11. The second-order valence-electron chi connectivity index (χ2n) is 3.64. The zero-order chi connectivity index (χ0) is 12.3. The second-order valence-corrected chi connectivity index (χ2v) is 4.03. The lowest BCUT2D eigenvalue weighted by atomic mass is 10.2. The quantitative estimate of drug-likeness (QED) is 0.823. The molecule has 0 aliphatic rings. The Morgan fingerprint density at radius 2 is 2.41 bits per heavy atom. The molecule has 6 nitrogen and oxygen atoms in total. The van der Waals surface area contributed by atoms with Gasteiger partial charge in [-0.05, 0) is 6.42 Å². The van der Waals surface area contributed by atoms with E-state index in [0.717, 1.165) is 12.2 Å². The van der Waals surface area contributed by atoms with Gasteiger partial charge < -0.3 is 10.1 Å². The van der Waals surface area contributed by atoms with Crippen LogP contribution in [-0.4, -0.2) is 39.3 Å². The highest BCUT2D eigenvalue weighted by molar-refractivity contribution is 6.29. The maximum absolute atomic E-state index is 5.92. The maximum Gasteiger partial charge on any atom is 0.255 e. The molecule has 0 spiro atoms. The Balaban J connectivity index is 2.30. The minimum atomic E-state index is 0.200. The van der Waals surface area contributed by atoms with Crippen LogP contribution < -0.4 is 5.32 Å². The van der Waals surface area contributed by atoms with Crippen molar-refractivity contribution in [3.8, 4) is 0 Å². The minimum absolute atomic E-state index is 0.200. The molecular formula is C10H14ClN5O. The number of ether oxygens (including phenoxy) is 1. The van der Waals surface area contributed by atoms with Crippen LogP contribution in [0.2, 0.25) is 5.15 Å². The average Bonchev–Trinajstić information content (AvgIpc) is 2.76. The number of fused-ring (bicyclic) bond motifs is 1. The second kappa shape index (κ2) is 5.29. The fourth-order valence-electron chi connectivity index (χ4n) is 1.56. The summed E-state index contributed by atoms with van der Waals surface area (Å²) in [4.78, 5) is 8.06. The van der Waals surface area contributed by atoms with Crippen molar-refractivity contribution in [1.29, 1.82) is 0 Å². The fourth-order valence-corrected chi connectivity index (χ4v) is 1.74. The van der Waals surface area contributed by atoms with Gasteiger partial charge >= 0.3 is 0 Å². The molecule has 0 amide bonds. The predicted octanol–water partition coefficient (Wildman–Crippen LogP) is 1.61. The third-order valence-electron chi connectivity index (χ3n) is 2.43. The number of hydrogen-bond acceptors (Lipinski definition) is 5. The largest absolute Gasteiger partial charge is 0.383 e. The van der Waals surface area contributed by atoms with Gasteiger partial charge in [-0.15, -0.1) is 0 Å². The number of nitrogens with zero attached hydrogens (tertiary/aromatic N) is 4. The number of anilines is 1. The van der Waals surface area contributed by atoms with Gasteiger partial charge in [0, 0.05) is 13.2 Å². The van der Waals surface area contributed by atoms with Gasteiger partial charge in [0.15, 0.2) is 0 Å². The molecule has 2 aromatic heterocycles. The molecule has 0 saturated heterocycles. The van der Waals surface area contributed by atoms with Crippen LogP contribution in [0.4, 0.5) is 5.82 Å². The lowest BCUT2D eigenvalue weighted by Crippen LogP contribution is -2.25. The minimum Gasteiger partial charge on any atom is -0.383 e. The van der Waals surface area contributed by atoms with Crippen molar-refractivity contribution in [1.82, 2.24) is 19.6 Å². The third-order valence-corrected chi connectivity index (χ3v) is 2.63. The summed E-state index contributed by atoms with van der Waals surface area (Å²) in [5.41, 5.74) is 0. The fraction of sp³-hybridized carbons (Fsp3) is 0.500. The van der Waals surface area contributed by atoms with E-state index in [-0.39, 0.29) is 6.04 Å². The van der Waals surface area contributed by atoms with Gasteiger partial charge in [-0.3, -0.25) is 0 Å². The summed E-state index contributed by atoms with van der Waals surface area (Å²) in [6.45, 7) is 2.70. The van der Waals surface area contributed by atoms with Crippen LogP contribution in [0.15, 0.2) is 12.4 Å². The Bertz CT molecular complexity index is 500. The van der Waals surface area contributed by atoms with Crippen molar-refractivity contribution in [3.05, 3.63) is 17.5 Å². The van der Waals surface area contributed by atoms with E-state index >= 15 is 0 Å². The van der Waals surface area contributed by atoms with Gasteiger partial charge in [-0.1, -0.05) is 18.5 Å². The molecule has 7 heteroatoms. The van der Waals surface area contributed by atoms with E-state index in [0.29, 0.717) is 17.5 Å². The standard InChI is InChI=1S/C10H14ClN5O/c1-3-7(5-17-2)14-9-4-8(11)15-10-12-6-13-16(9)10/h4,6-7,14H,3,5H2,1-2H3. The Morgan fingerprint density at radius 3 is 3.12 bits per heavy atom. The summed E-state index contributed by atoms with van der Waals surface area (Å²) in [5, 5.41) is 7.79. The maximum atomic E-state index is 5.92. The van der Waals surface area contributed by atoms with Crippen LogP contribution in [0, 0.1) is 0 Å². The summed E-state index contributed by atoms with van der Waals surface area (Å²) in [5.74, 6) is 1.24. The van der Waals surface area contributed by atoms with Crippen molar-refractivity contribution in [2.24, 2.45) is 0 Å². The molecule has 2 rings (SSSR count). The average molecular weight is 256 g/mol. The molecule has 92 valence electrons. The van der Waals surface area contributed by atoms with Crippen molar-refractivity contribution in [3.63, 3.8) is 0 Å². The first kappa shape index (κ1) is 12.1. The summed E-state index contributed by atoms with van der Waals surface area (Å²) in [7, 11) is 1.68. The Labute approximate surface area is 104 Å². The van der Waals surface area contributed by atoms with E-state index in [1.54, 1.807) is 17.7 Å². The number of methoxy groups -OCH3 is 1. The third kappa shape index (κ3) is 2.65. The number of nitrogens with one attached hydrogen (secondary N) is 1. The van der Waals surface area contributed by atoms with Crippen LogP contribution in [0.25, 0.3) is 5.78 Å². The number of aromatic nitrogens is 4. The van der Waals surface area contributed by atoms with Gasteiger partial charge in [-0.2, -0.15) is 19.6 Å². The lowest BCUT2D eigenvalue weighted by Gasteiger charge is -2.17. The van der Waals surface area contributed by atoms with Crippen molar-refractivity contribution < 1.29 is 4.74 Å². The van der Waals surface area contributed by atoms with E-state index in [2.05, 4.69) is 27.3 Å². The highest BCUT2D eigenvalue weighted by atomic mass is 35.5. The molecule has 0 aliphatic carbocycles. The van der Waals surface area contributed by atoms with Crippen molar-refractivity contribution in [2.75, 3.05) is 19.0 Å². The van der Waals surface area contributed by atoms with Crippen LogP contribution in [-0.2, 0) is 4.74 Å². The molecule has 1 unspecified atom stereocenters. The van der Waals surface area contributed by atoms with E-state index in [1.165, 1.54) is 6.33 Å². The van der Waals surface area contributed by atoms with E-state index in [9.17, 15) is 0 Å². The van der Waals surface area contributed by atoms with E-state index in [1.807, 2.05) is 0 Å². The van der Waals surface area contributed by atoms with Gasteiger partial charge in [0.2, 0.25) is 0 Å². The summed E-state index contributed by atoms with van der Waals surface area (Å²) < 4.78 is 6.75. The molecule has 0 saturated carbocycles. The van der Waals surface area contributed by atoms with Crippen LogP contribution >= 0.6 is 11.6 Å². The molecule has 0 radical (unpaired) electrons. The monoisotopic (exact) mass is 255 g/mol. The Kier molecular flexibility index (Phi) is 3.75. The van der Waals surface area contributed by atoms with Gasteiger partial charge in [0.05, 0.1) is 12.6 Å². The van der Waals surface area contributed by atoms with E-state index in [4.69, 9.17) is 16.3 Å². The number of hydrogen-bond donors (Lipinski definition) is 1. The van der Waals surface area contributed by atoms with Gasteiger partial charge in [0.1, 0.15) is 17.3 Å². The number of rotatable bonds is 5. The van der Waals surface area contributed by atoms with Gasteiger partial charge in [0.25, 0.3) is 5.78 Å². The molecular weight excluding hydrogens is 242 g/mol. The number of halogens is 1. The first-order chi connectivity index (χ1) is 8.24. The molecule has 2 heterocycles. The predicted molar refractivity (Wildman–Crippen MR) is 65.4 cm³/mol. The smallest absolute Gasteiger partial charge is 0.255 e. The molecule has 2 aromatic rings. The highest BCUT2D eigenvalue weighted by Crippen LogP contribution is 2.16. The molecule has 17 heavy (non-hydrogen) atoms. The first-order valence-corrected chi connectivity index (χ1v) is 5.74. The molecule has 1 atom stereocenters. The Morgan fingerprint density at radius 1 is 1.59 bits per heavy atom. The lowest BCUT2D eigenvalue weighted by molar-refractivity contribution is 0.184. The Hall–Kier alpha value is -1.40. The molecule has 0 aliphatic heterocycles. The topological polar surface area (TPSA) is 64.3 Å². The van der Waals surface area contributed by atoms with Gasteiger partial charge in [-0.25, -0.2) is 0 Å².